The normalized spacial score (nSPS) is 19.4. The first-order valence-electron chi connectivity index (χ1n) is 7.83. The second-order valence-electron chi connectivity index (χ2n) is 5.73. The maximum absolute atomic E-state index is 3.63. The lowest BCUT2D eigenvalue weighted by Gasteiger charge is -2.25. The van der Waals surface area contributed by atoms with E-state index < -0.39 is 0 Å². The van der Waals surface area contributed by atoms with Gasteiger partial charge < -0.3 is 10.2 Å². The first-order chi connectivity index (χ1) is 9.29. The van der Waals surface area contributed by atoms with E-state index in [1.807, 2.05) is 0 Å². The van der Waals surface area contributed by atoms with Crippen molar-refractivity contribution in [1.29, 1.82) is 0 Å². The van der Waals surface area contributed by atoms with Gasteiger partial charge in [0.25, 0.3) is 0 Å². The molecule has 0 radical (unpaired) electrons. The Morgan fingerprint density at radius 3 is 2.63 bits per heavy atom. The zero-order valence-corrected chi connectivity index (χ0v) is 12.5. The van der Waals surface area contributed by atoms with E-state index in [4.69, 9.17) is 0 Å². The zero-order valence-electron chi connectivity index (χ0n) is 12.5. The average molecular weight is 260 g/mol. The molecule has 2 rings (SSSR count). The molecule has 1 N–H and O–H groups in total. The summed E-state index contributed by atoms with van der Waals surface area (Å²) in [5, 5.41) is 3.63. The molecule has 1 aromatic rings. The number of benzene rings is 1. The standard InChI is InChI=1S/C17H28N2/c1-3-15-9-11-17(12-10-15)19(2)14-6-8-16-7-4-5-13-18-16/h9-12,16,18H,3-8,13-14H2,1-2H3. The third-order valence-electron chi connectivity index (χ3n) is 4.24. The minimum Gasteiger partial charge on any atom is -0.375 e. The molecule has 2 nitrogen and oxygen atoms in total. The molecule has 0 aliphatic carbocycles. The van der Waals surface area contributed by atoms with Crippen LogP contribution in [0.1, 0.15) is 44.6 Å². The van der Waals surface area contributed by atoms with Crippen LogP contribution in [0.25, 0.3) is 0 Å². The molecular formula is C17H28N2. The Labute approximate surface area is 118 Å². The molecule has 0 bridgehead atoms. The third-order valence-corrected chi connectivity index (χ3v) is 4.24. The highest BCUT2D eigenvalue weighted by Gasteiger charge is 2.12. The molecule has 0 aromatic heterocycles. The van der Waals surface area contributed by atoms with Crippen LogP contribution >= 0.6 is 0 Å². The van der Waals surface area contributed by atoms with Crippen molar-refractivity contribution in [2.75, 3.05) is 25.0 Å². The number of piperidine rings is 1. The quantitative estimate of drug-likeness (QED) is 0.840. The predicted octanol–water partition coefficient (Wildman–Crippen LogP) is 3.61. The van der Waals surface area contributed by atoms with Gasteiger partial charge in [0.05, 0.1) is 0 Å². The average Bonchev–Trinajstić information content (AvgIpc) is 2.48. The summed E-state index contributed by atoms with van der Waals surface area (Å²) in [7, 11) is 2.20. The lowest BCUT2D eigenvalue weighted by atomic mass is 10.0. The van der Waals surface area contributed by atoms with Gasteiger partial charge in [-0.2, -0.15) is 0 Å². The highest BCUT2D eigenvalue weighted by Crippen LogP contribution is 2.16. The van der Waals surface area contributed by atoms with Crippen molar-refractivity contribution in [2.45, 2.75) is 51.5 Å². The van der Waals surface area contributed by atoms with Crippen LogP contribution in [-0.2, 0) is 6.42 Å². The molecule has 1 atom stereocenters. The molecule has 0 saturated carbocycles. The van der Waals surface area contributed by atoms with Crippen LogP contribution in [0.2, 0.25) is 0 Å². The highest BCUT2D eigenvalue weighted by molar-refractivity contribution is 5.46. The van der Waals surface area contributed by atoms with Crippen molar-refractivity contribution in [2.24, 2.45) is 0 Å². The Balaban J connectivity index is 1.72. The van der Waals surface area contributed by atoms with Gasteiger partial charge in [-0.05, 0) is 56.3 Å². The monoisotopic (exact) mass is 260 g/mol. The molecule has 2 heteroatoms. The lowest BCUT2D eigenvalue weighted by Crippen LogP contribution is -2.34. The van der Waals surface area contributed by atoms with Gasteiger partial charge in [0.2, 0.25) is 0 Å². The Morgan fingerprint density at radius 1 is 1.21 bits per heavy atom. The molecule has 1 aromatic carbocycles. The number of hydrogen-bond acceptors (Lipinski definition) is 2. The summed E-state index contributed by atoms with van der Waals surface area (Å²) >= 11 is 0. The smallest absolute Gasteiger partial charge is 0.0363 e. The van der Waals surface area contributed by atoms with Crippen LogP contribution in [0.15, 0.2) is 24.3 Å². The van der Waals surface area contributed by atoms with E-state index in [2.05, 4.69) is 48.5 Å². The van der Waals surface area contributed by atoms with Crippen molar-refractivity contribution >= 4 is 5.69 Å². The molecule has 0 spiro atoms. The Morgan fingerprint density at radius 2 is 2.00 bits per heavy atom. The third kappa shape index (κ3) is 4.54. The number of hydrogen-bond donors (Lipinski definition) is 1. The van der Waals surface area contributed by atoms with E-state index in [9.17, 15) is 0 Å². The van der Waals surface area contributed by atoms with E-state index in [1.54, 1.807) is 0 Å². The van der Waals surface area contributed by atoms with Gasteiger partial charge >= 0.3 is 0 Å². The molecule has 0 amide bonds. The summed E-state index contributed by atoms with van der Waals surface area (Å²) in [5.41, 5.74) is 2.76. The van der Waals surface area contributed by atoms with E-state index >= 15 is 0 Å². The van der Waals surface area contributed by atoms with Crippen LogP contribution in [0.5, 0.6) is 0 Å². The van der Waals surface area contributed by atoms with Crippen molar-refractivity contribution < 1.29 is 0 Å². The Hall–Kier alpha value is -1.02. The van der Waals surface area contributed by atoms with E-state index in [1.165, 1.54) is 49.9 Å². The SMILES string of the molecule is CCc1ccc(N(C)CCCC2CCCCN2)cc1. The van der Waals surface area contributed by atoms with E-state index in [-0.39, 0.29) is 0 Å². The number of rotatable bonds is 6. The molecule has 1 saturated heterocycles. The molecular weight excluding hydrogens is 232 g/mol. The topological polar surface area (TPSA) is 15.3 Å². The molecule has 1 aliphatic heterocycles. The van der Waals surface area contributed by atoms with Gasteiger partial charge in [-0.1, -0.05) is 25.5 Å². The van der Waals surface area contributed by atoms with Crippen LogP contribution < -0.4 is 10.2 Å². The minimum absolute atomic E-state index is 0.768. The number of nitrogens with zero attached hydrogens (tertiary/aromatic N) is 1. The van der Waals surface area contributed by atoms with Crippen molar-refractivity contribution in [3.63, 3.8) is 0 Å². The summed E-state index contributed by atoms with van der Waals surface area (Å²) in [6.07, 6.45) is 7.86. The van der Waals surface area contributed by atoms with Gasteiger partial charge in [0, 0.05) is 25.3 Å². The Bertz CT molecular complexity index is 352. The number of anilines is 1. The summed E-state index contributed by atoms with van der Waals surface area (Å²) < 4.78 is 0. The van der Waals surface area contributed by atoms with E-state index in [0.717, 1.165) is 19.0 Å². The van der Waals surface area contributed by atoms with Gasteiger partial charge in [-0.3, -0.25) is 0 Å². The van der Waals surface area contributed by atoms with Gasteiger partial charge in [-0.15, -0.1) is 0 Å². The second kappa shape index (κ2) is 7.54. The van der Waals surface area contributed by atoms with Crippen molar-refractivity contribution in [1.82, 2.24) is 5.32 Å². The summed E-state index contributed by atoms with van der Waals surface area (Å²) in [5.74, 6) is 0. The summed E-state index contributed by atoms with van der Waals surface area (Å²) in [4.78, 5) is 2.38. The van der Waals surface area contributed by atoms with E-state index in [0.29, 0.717) is 0 Å². The highest BCUT2D eigenvalue weighted by atomic mass is 15.1. The first kappa shape index (κ1) is 14.4. The fourth-order valence-electron chi connectivity index (χ4n) is 2.86. The Kier molecular flexibility index (Phi) is 5.71. The molecule has 1 unspecified atom stereocenters. The zero-order chi connectivity index (χ0) is 13.5. The van der Waals surface area contributed by atoms with Crippen molar-refractivity contribution in [3.05, 3.63) is 29.8 Å². The molecule has 19 heavy (non-hydrogen) atoms. The van der Waals surface area contributed by atoms with Crippen LogP contribution in [0, 0.1) is 0 Å². The van der Waals surface area contributed by atoms with Gasteiger partial charge in [0.15, 0.2) is 0 Å². The molecule has 106 valence electrons. The maximum Gasteiger partial charge on any atom is 0.0363 e. The first-order valence-corrected chi connectivity index (χ1v) is 7.83. The van der Waals surface area contributed by atoms with Crippen LogP contribution in [-0.4, -0.2) is 26.2 Å². The van der Waals surface area contributed by atoms with Crippen LogP contribution in [0.3, 0.4) is 0 Å². The largest absolute Gasteiger partial charge is 0.375 e. The van der Waals surface area contributed by atoms with Crippen molar-refractivity contribution in [3.8, 4) is 0 Å². The predicted molar refractivity (Wildman–Crippen MR) is 84.0 cm³/mol. The fourth-order valence-corrected chi connectivity index (χ4v) is 2.86. The minimum atomic E-state index is 0.768. The molecule has 1 fully saturated rings. The fraction of sp³-hybridized carbons (Fsp3) is 0.647. The number of nitrogens with one attached hydrogen (secondary N) is 1. The number of aryl methyl sites for hydroxylation is 1. The summed E-state index contributed by atoms with van der Waals surface area (Å²) in [6, 6.07) is 9.75. The maximum atomic E-state index is 3.63. The van der Waals surface area contributed by atoms with Gasteiger partial charge in [0.1, 0.15) is 0 Å². The van der Waals surface area contributed by atoms with Crippen LogP contribution in [0.4, 0.5) is 5.69 Å². The summed E-state index contributed by atoms with van der Waals surface area (Å²) in [6.45, 7) is 4.58. The van der Waals surface area contributed by atoms with Gasteiger partial charge in [-0.25, -0.2) is 0 Å². The second-order valence-corrected chi connectivity index (χ2v) is 5.73. The lowest BCUT2D eigenvalue weighted by molar-refractivity contribution is 0.376. The molecule has 1 heterocycles. The molecule has 1 aliphatic rings.